The van der Waals surface area contributed by atoms with Crippen molar-refractivity contribution in [2.45, 2.75) is 104 Å². The summed E-state index contributed by atoms with van der Waals surface area (Å²) in [5.74, 6) is 0.918. The third-order valence-electron chi connectivity index (χ3n) is 6.84. The third kappa shape index (κ3) is 4.52. The van der Waals surface area contributed by atoms with Gasteiger partial charge in [-0.15, -0.1) is 22.7 Å². The SMILES string of the molecule is CCCCCCC[Si]1(CC(CC)CCCC)c2cc(C)sc2-c2sc(C)cc21. The second-order valence-electron chi connectivity index (χ2n) is 9.07. The molecule has 0 aliphatic carbocycles. The van der Waals surface area contributed by atoms with Crippen LogP contribution in [-0.4, -0.2) is 8.07 Å². The molecule has 0 N–H and O–H groups in total. The zero-order chi connectivity index (χ0) is 20.1. The predicted molar refractivity (Wildman–Crippen MR) is 134 cm³/mol. The van der Waals surface area contributed by atoms with Crippen LogP contribution in [0.4, 0.5) is 0 Å². The van der Waals surface area contributed by atoms with Gasteiger partial charge in [-0.25, -0.2) is 0 Å². The van der Waals surface area contributed by atoms with Gasteiger partial charge in [0.1, 0.15) is 8.07 Å². The topological polar surface area (TPSA) is 0 Å². The van der Waals surface area contributed by atoms with Crippen LogP contribution >= 0.6 is 22.7 Å². The molecule has 2 aromatic rings. The van der Waals surface area contributed by atoms with Crippen molar-refractivity contribution in [1.29, 1.82) is 0 Å². The van der Waals surface area contributed by atoms with Gasteiger partial charge in [0.15, 0.2) is 0 Å². The molecule has 3 rings (SSSR count). The number of rotatable bonds is 12. The minimum atomic E-state index is -1.61. The molecule has 0 amide bonds. The van der Waals surface area contributed by atoms with Crippen molar-refractivity contribution in [1.82, 2.24) is 0 Å². The molecule has 1 aliphatic rings. The average Bonchev–Trinajstić information content (AvgIpc) is 3.31. The largest absolute Gasteiger partial charge is 0.140 e. The quantitative estimate of drug-likeness (QED) is 0.234. The molecule has 0 bridgehead atoms. The molecule has 0 saturated heterocycles. The molecule has 0 saturated carbocycles. The van der Waals surface area contributed by atoms with Gasteiger partial charge in [0.2, 0.25) is 0 Å². The van der Waals surface area contributed by atoms with Gasteiger partial charge < -0.3 is 0 Å². The Morgan fingerprint density at radius 3 is 1.89 bits per heavy atom. The van der Waals surface area contributed by atoms with Crippen molar-refractivity contribution in [3.05, 3.63) is 21.9 Å². The maximum Gasteiger partial charge on any atom is 0.122 e. The number of thiophene rings is 2. The number of hydrogen-bond acceptors (Lipinski definition) is 2. The molecule has 3 heterocycles. The molecule has 2 aromatic heterocycles. The molecule has 0 nitrogen and oxygen atoms in total. The van der Waals surface area contributed by atoms with Crippen LogP contribution < -0.4 is 10.4 Å². The van der Waals surface area contributed by atoms with Crippen LogP contribution in [0.3, 0.4) is 0 Å². The fourth-order valence-electron chi connectivity index (χ4n) is 5.28. The van der Waals surface area contributed by atoms with Crippen LogP contribution in [0, 0.1) is 19.8 Å². The van der Waals surface area contributed by atoms with E-state index in [1.807, 2.05) is 10.4 Å². The van der Waals surface area contributed by atoms with E-state index in [1.165, 1.54) is 79.6 Å². The molecule has 3 heteroatoms. The van der Waals surface area contributed by atoms with Crippen molar-refractivity contribution < 1.29 is 0 Å². The van der Waals surface area contributed by atoms with E-state index < -0.39 is 8.07 Å². The van der Waals surface area contributed by atoms with Gasteiger partial charge in [0, 0.05) is 19.5 Å². The van der Waals surface area contributed by atoms with Gasteiger partial charge in [-0.1, -0.05) is 78.6 Å². The van der Waals surface area contributed by atoms with Crippen molar-refractivity contribution in [2.24, 2.45) is 5.92 Å². The van der Waals surface area contributed by atoms with Crippen molar-refractivity contribution in [3.63, 3.8) is 0 Å². The van der Waals surface area contributed by atoms with Gasteiger partial charge in [0.05, 0.1) is 0 Å². The van der Waals surface area contributed by atoms with E-state index in [1.54, 1.807) is 9.75 Å². The Morgan fingerprint density at radius 2 is 1.36 bits per heavy atom. The summed E-state index contributed by atoms with van der Waals surface area (Å²) >= 11 is 4.16. The average molecular weight is 433 g/mol. The molecule has 0 spiro atoms. The fourth-order valence-corrected chi connectivity index (χ4v) is 15.0. The first-order valence-electron chi connectivity index (χ1n) is 11.8. The van der Waals surface area contributed by atoms with Crippen molar-refractivity contribution >= 4 is 41.1 Å². The minimum Gasteiger partial charge on any atom is -0.140 e. The van der Waals surface area contributed by atoms with E-state index in [4.69, 9.17) is 0 Å². The second kappa shape index (κ2) is 10.1. The zero-order valence-electron chi connectivity index (χ0n) is 18.8. The van der Waals surface area contributed by atoms with Crippen LogP contribution in [0.2, 0.25) is 12.1 Å². The molecule has 28 heavy (non-hydrogen) atoms. The predicted octanol–water partition coefficient (Wildman–Crippen LogP) is 8.16. The number of aryl methyl sites for hydroxylation is 2. The molecule has 156 valence electrons. The molecule has 1 atom stereocenters. The molecule has 0 aromatic carbocycles. The summed E-state index contributed by atoms with van der Waals surface area (Å²) in [6.07, 6.45) is 12.6. The summed E-state index contributed by atoms with van der Waals surface area (Å²) in [7, 11) is -1.61. The Labute approximate surface area is 182 Å². The third-order valence-corrected chi connectivity index (χ3v) is 14.8. The molecule has 0 radical (unpaired) electrons. The van der Waals surface area contributed by atoms with Crippen LogP contribution in [0.5, 0.6) is 0 Å². The highest BCUT2D eigenvalue weighted by molar-refractivity contribution is 7.29. The van der Waals surface area contributed by atoms with Gasteiger partial charge in [-0.3, -0.25) is 0 Å². The molecule has 1 aliphatic heterocycles. The number of unbranched alkanes of at least 4 members (excludes halogenated alkanes) is 5. The van der Waals surface area contributed by atoms with Gasteiger partial charge in [-0.2, -0.15) is 0 Å². The van der Waals surface area contributed by atoms with Gasteiger partial charge >= 0.3 is 0 Å². The highest BCUT2D eigenvalue weighted by atomic mass is 32.1. The first-order chi connectivity index (χ1) is 13.6. The summed E-state index contributed by atoms with van der Waals surface area (Å²) in [6.45, 7) is 11.8. The van der Waals surface area contributed by atoms with Gasteiger partial charge in [-0.05, 0) is 54.4 Å². The first-order valence-corrected chi connectivity index (χ1v) is 15.8. The van der Waals surface area contributed by atoms with Crippen molar-refractivity contribution in [3.8, 4) is 9.75 Å². The minimum absolute atomic E-state index is 0.918. The normalized spacial score (nSPS) is 15.6. The van der Waals surface area contributed by atoms with Crippen LogP contribution in [0.1, 0.15) is 88.3 Å². The van der Waals surface area contributed by atoms with Gasteiger partial charge in [0.25, 0.3) is 0 Å². The summed E-state index contributed by atoms with van der Waals surface area (Å²) < 4.78 is 0. The highest BCUT2D eigenvalue weighted by Gasteiger charge is 2.48. The van der Waals surface area contributed by atoms with Crippen LogP contribution in [-0.2, 0) is 0 Å². The molecular formula is C25H40S2Si. The van der Waals surface area contributed by atoms with Crippen LogP contribution in [0.25, 0.3) is 9.75 Å². The van der Waals surface area contributed by atoms with Crippen LogP contribution in [0.15, 0.2) is 12.1 Å². The van der Waals surface area contributed by atoms with E-state index in [9.17, 15) is 0 Å². The Hall–Kier alpha value is -0.383. The highest BCUT2D eigenvalue weighted by Crippen LogP contribution is 2.44. The Bertz CT molecular complexity index is 708. The fraction of sp³-hybridized carbons (Fsp3) is 0.680. The maximum atomic E-state index is 2.62. The van der Waals surface area contributed by atoms with E-state index in [0.717, 1.165) is 5.92 Å². The van der Waals surface area contributed by atoms with E-state index in [0.29, 0.717) is 0 Å². The lowest BCUT2D eigenvalue weighted by Gasteiger charge is -2.33. The second-order valence-corrected chi connectivity index (χ2v) is 15.7. The first kappa shape index (κ1) is 22.3. The number of hydrogen-bond donors (Lipinski definition) is 0. The Kier molecular flexibility index (Phi) is 8.03. The Balaban J connectivity index is 1.95. The van der Waals surface area contributed by atoms with E-state index >= 15 is 0 Å². The zero-order valence-corrected chi connectivity index (χ0v) is 21.5. The maximum absolute atomic E-state index is 2.62. The molecular weight excluding hydrogens is 392 g/mol. The standard InChI is InChI=1S/C25H40S2Si/c1-6-9-11-12-13-15-28(18-21(8-3)14-10-7-2)22-16-19(4)26-24(22)25-23(28)17-20(5)27-25/h16-17,21H,6-15,18H2,1-5H3. The summed E-state index contributed by atoms with van der Waals surface area (Å²) in [5.41, 5.74) is 0. The van der Waals surface area contributed by atoms with E-state index in [2.05, 4.69) is 69.4 Å². The summed E-state index contributed by atoms with van der Waals surface area (Å²) in [4.78, 5) is 6.42. The lowest BCUT2D eigenvalue weighted by atomic mass is 10.0. The van der Waals surface area contributed by atoms with Crippen molar-refractivity contribution in [2.75, 3.05) is 0 Å². The number of fused-ring (bicyclic) bond motifs is 3. The van der Waals surface area contributed by atoms with E-state index in [-0.39, 0.29) is 0 Å². The Morgan fingerprint density at radius 1 is 0.786 bits per heavy atom. The molecule has 0 fully saturated rings. The lowest BCUT2D eigenvalue weighted by molar-refractivity contribution is 0.486. The molecule has 1 unspecified atom stereocenters. The summed E-state index contributed by atoms with van der Waals surface area (Å²) in [6, 6.07) is 8.23. The monoisotopic (exact) mass is 432 g/mol. The summed E-state index contributed by atoms with van der Waals surface area (Å²) in [5, 5.41) is 3.67. The smallest absolute Gasteiger partial charge is 0.122 e. The lowest BCUT2D eigenvalue weighted by Crippen LogP contribution is -2.55.